The van der Waals surface area contributed by atoms with Crippen molar-refractivity contribution in [3.8, 4) is 0 Å². The highest BCUT2D eigenvalue weighted by atomic mass is 35.5. The molecule has 1 aliphatic heterocycles. The first-order valence-electron chi connectivity index (χ1n) is 6.54. The fourth-order valence-electron chi connectivity index (χ4n) is 2.61. The van der Waals surface area contributed by atoms with Gasteiger partial charge in [0.05, 0.1) is 19.4 Å². The average molecular weight is 282 g/mol. The molecule has 0 saturated carbocycles. The number of benzene rings is 1. The van der Waals surface area contributed by atoms with Gasteiger partial charge in [-0.15, -0.1) is 0 Å². The number of hydroxylamine groups is 1. The summed E-state index contributed by atoms with van der Waals surface area (Å²) in [5.41, 5.74) is 3.41. The molecule has 104 valence electrons. The van der Waals surface area contributed by atoms with Gasteiger partial charge in [-0.25, -0.2) is 5.06 Å². The average Bonchev–Trinajstić information content (AvgIpc) is 2.39. The van der Waals surface area contributed by atoms with Crippen LogP contribution in [0.2, 0.25) is 5.02 Å². The molecule has 0 N–H and O–H groups in total. The number of rotatable bonds is 5. The van der Waals surface area contributed by atoms with Crippen LogP contribution in [0.1, 0.15) is 36.8 Å². The predicted octanol–water partition coefficient (Wildman–Crippen LogP) is 4.27. The molecule has 0 aromatic heterocycles. The quantitative estimate of drug-likeness (QED) is 0.805. The van der Waals surface area contributed by atoms with Gasteiger partial charge in [0.25, 0.3) is 0 Å². The Morgan fingerprint density at radius 3 is 2.74 bits per heavy atom. The van der Waals surface area contributed by atoms with Gasteiger partial charge in [0, 0.05) is 24.3 Å². The topological polar surface area (TPSA) is 21.7 Å². The van der Waals surface area contributed by atoms with Crippen molar-refractivity contribution in [2.75, 3.05) is 19.3 Å². The van der Waals surface area contributed by atoms with E-state index in [1.54, 1.807) is 19.3 Å². The number of fused-ring (bicyclic) bond motifs is 1. The van der Waals surface area contributed by atoms with Crippen molar-refractivity contribution in [2.24, 2.45) is 0 Å². The first-order chi connectivity index (χ1) is 9.21. The zero-order valence-electron chi connectivity index (χ0n) is 11.6. The van der Waals surface area contributed by atoms with Gasteiger partial charge in [0.2, 0.25) is 0 Å². The molecule has 4 heteroatoms. The summed E-state index contributed by atoms with van der Waals surface area (Å²) in [4.78, 5) is 5.38. The standard InChI is InChI=1S/C15H20ClNO2/c1-4-5-11-6-7-17(19-3)14-9-13(16)8-12(10-18-2)15(11)14/h6-9,11H,4-5,10H2,1-3H3. The van der Waals surface area contributed by atoms with Crippen LogP contribution in [0.25, 0.3) is 0 Å². The monoisotopic (exact) mass is 281 g/mol. The maximum Gasteiger partial charge on any atom is 0.0744 e. The highest BCUT2D eigenvalue weighted by Gasteiger charge is 2.24. The van der Waals surface area contributed by atoms with E-state index in [-0.39, 0.29) is 0 Å². The third-order valence-corrected chi connectivity index (χ3v) is 3.59. The number of ether oxygens (including phenoxy) is 1. The lowest BCUT2D eigenvalue weighted by molar-refractivity contribution is 0.181. The van der Waals surface area contributed by atoms with Gasteiger partial charge >= 0.3 is 0 Å². The second kappa shape index (κ2) is 6.42. The van der Waals surface area contributed by atoms with Gasteiger partial charge in [-0.3, -0.25) is 4.84 Å². The molecule has 0 radical (unpaired) electrons. The lowest BCUT2D eigenvalue weighted by Gasteiger charge is -2.30. The Hall–Kier alpha value is -1.03. The first-order valence-corrected chi connectivity index (χ1v) is 6.92. The van der Waals surface area contributed by atoms with Crippen LogP contribution in [0.3, 0.4) is 0 Å². The molecule has 1 unspecified atom stereocenters. The lowest BCUT2D eigenvalue weighted by atomic mass is 9.87. The summed E-state index contributed by atoms with van der Waals surface area (Å²) in [5, 5.41) is 2.46. The fraction of sp³-hybridized carbons (Fsp3) is 0.467. The maximum atomic E-state index is 6.20. The molecule has 0 fully saturated rings. The minimum atomic E-state index is 0.397. The fourth-order valence-corrected chi connectivity index (χ4v) is 2.85. The first kappa shape index (κ1) is 14.4. The van der Waals surface area contributed by atoms with Gasteiger partial charge in [-0.1, -0.05) is 31.0 Å². The van der Waals surface area contributed by atoms with Gasteiger partial charge in [0.15, 0.2) is 0 Å². The minimum absolute atomic E-state index is 0.397. The zero-order chi connectivity index (χ0) is 13.8. The minimum Gasteiger partial charge on any atom is -0.380 e. The predicted molar refractivity (Wildman–Crippen MR) is 78.4 cm³/mol. The van der Waals surface area contributed by atoms with Crippen molar-refractivity contribution >= 4 is 17.3 Å². The molecule has 19 heavy (non-hydrogen) atoms. The van der Waals surface area contributed by atoms with Crippen LogP contribution in [-0.4, -0.2) is 14.2 Å². The van der Waals surface area contributed by atoms with Crippen molar-refractivity contribution in [3.63, 3.8) is 0 Å². The molecule has 1 aromatic carbocycles. The van der Waals surface area contributed by atoms with E-state index in [1.165, 1.54) is 5.56 Å². The number of hydrogen-bond donors (Lipinski definition) is 0. The summed E-state index contributed by atoms with van der Waals surface area (Å²) in [5.74, 6) is 0.397. The maximum absolute atomic E-state index is 6.20. The van der Waals surface area contributed by atoms with Crippen molar-refractivity contribution in [2.45, 2.75) is 32.3 Å². The number of allylic oxidation sites excluding steroid dienone is 1. The Kier molecular flexibility index (Phi) is 4.86. The van der Waals surface area contributed by atoms with Crippen LogP contribution in [0, 0.1) is 0 Å². The molecule has 1 atom stereocenters. The highest BCUT2D eigenvalue weighted by Crippen LogP contribution is 2.40. The molecule has 0 bridgehead atoms. The lowest BCUT2D eigenvalue weighted by Crippen LogP contribution is -2.22. The normalized spacial score (nSPS) is 17.7. The summed E-state index contributed by atoms with van der Waals surface area (Å²) >= 11 is 6.20. The summed E-state index contributed by atoms with van der Waals surface area (Å²) in [6.07, 6.45) is 6.40. The molecule has 0 saturated heterocycles. The molecule has 1 aromatic rings. The smallest absolute Gasteiger partial charge is 0.0744 e. The van der Waals surface area contributed by atoms with Gasteiger partial charge in [0.1, 0.15) is 0 Å². The molecular weight excluding hydrogens is 262 g/mol. The largest absolute Gasteiger partial charge is 0.380 e. The highest BCUT2D eigenvalue weighted by molar-refractivity contribution is 6.31. The van der Waals surface area contributed by atoms with E-state index < -0.39 is 0 Å². The molecule has 3 nitrogen and oxygen atoms in total. The SMILES string of the molecule is CCCC1C=CN(OC)c2cc(Cl)cc(COC)c21. The Morgan fingerprint density at radius 1 is 1.32 bits per heavy atom. The van der Waals surface area contributed by atoms with Crippen LogP contribution in [0.5, 0.6) is 0 Å². The Labute approximate surface area is 119 Å². The van der Waals surface area contributed by atoms with Crippen molar-refractivity contribution in [3.05, 3.63) is 40.6 Å². The number of nitrogens with zero attached hydrogens (tertiary/aromatic N) is 1. The number of halogens is 1. The second-order valence-electron chi connectivity index (χ2n) is 4.68. The summed E-state index contributed by atoms with van der Waals surface area (Å²) < 4.78 is 5.30. The summed E-state index contributed by atoms with van der Waals surface area (Å²) in [6, 6.07) is 3.94. The van der Waals surface area contributed by atoms with Crippen molar-refractivity contribution in [1.82, 2.24) is 0 Å². The van der Waals surface area contributed by atoms with Crippen molar-refractivity contribution in [1.29, 1.82) is 0 Å². The second-order valence-corrected chi connectivity index (χ2v) is 5.11. The van der Waals surface area contributed by atoms with E-state index in [4.69, 9.17) is 21.2 Å². The van der Waals surface area contributed by atoms with Crippen LogP contribution >= 0.6 is 11.6 Å². The van der Waals surface area contributed by atoms with E-state index in [1.807, 2.05) is 18.3 Å². The third kappa shape index (κ3) is 2.94. The van der Waals surface area contributed by atoms with Crippen LogP contribution in [-0.2, 0) is 16.2 Å². The van der Waals surface area contributed by atoms with E-state index in [9.17, 15) is 0 Å². The molecule has 2 rings (SSSR count). The third-order valence-electron chi connectivity index (χ3n) is 3.37. The number of methoxy groups -OCH3 is 1. The van der Waals surface area contributed by atoms with Gasteiger partial charge < -0.3 is 4.74 Å². The Balaban J connectivity index is 2.52. The molecule has 1 aliphatic rings. The zero-order valence-corrected chi connectivity index (χ0v) is 12.4. The molecule has 1 heterocycles. The van der Waals surface area contributed by atoms with Crippen LogP contribution in [0.15, 0.2) is 24.4 Å². The Morgan fingerprint density at radius 2 is 2.11 bits per heavy atom. The summed E-state index contributed by atoms with van der Waals surface area (Å²) in [6.45, 7) is 2.76. The van der Waals surface area contributed by atoms with Gasteiger partial charge in [-0.05, 0) is 29.7 Å². The van der Waals surface area contributed by atoms with Crippen molar-refractivity contribution < 1.29 is 9.57 Å². The summed E-state index contributed by atoms with van der Waals surface area (Å²) in [7, 11) is 3.36. The van der Waals surface area contributed by atoms with E-state index in [2.05, 4.69) is 13.0 Å². The number of anilines is 1. The number of hydrogen-bond acceptors (Lipinski definition) is 3. The van der Waals surface area contributed by atoms with Gasteiger partial charge in [-0.2, -0.15) is 0 Å². The van der Waals surface area contributed by atoms with E-state index in [0.29, 0.717) is 17.5 Å². The Bertz CT molecular complexity index is 473. The van der Waals surface area contributed by atoms with Crippen LogP contribution < -0.4 is 5.06 Å². The molecule has 0 aliphatic carbocycles. The van der Waals surface area contributed by atoms with E-state index in [0.717, 1.165) is 24.1 Å². The molecule has 0 amide bonds. The van der Waals surface area contributed by atoms with Crippen LogP contribution in [0.4, 0.5) is 5.69 Å². The molecular formula is C15H20ClNO2. The van der Waals surface area contributed by atoms with E-state index >= 15 is 0 Å². The molecule has 0 spiro atoms.